The van der Waals surface area contributed by atoms with Crippen molar-refractivity contribution in [2.75, 3.05) is 19.8 Å². The lowest BCUT2D eigenvalue weighted by Crippen LogP contribution is -2.30. The number of unbranched alkanes of at least 4 members (excludes halogenated alkanes) is 2. The fraction of sp³-hybridized carbons (Fsp3) is 0.514. The van der Waals surface area contributed by atoms with Gasteiger partial charge in [-0.3, -0.25) is 0 Å². The molecule has 0 heterocycles. The molecule has 0 aromatic heterocycles. The molecule has 5 nitrogen and oxygen atoms in total. The first kappa shape index (κ1) is 33.3. The summed E-state index contributed by atoms with van der Waals surface area (Å²) in [6.45, 7) is 13.2. The van der Waals surface area contributed by atoms with E-state index in [1.165, 1.54) is 41.5 Å². The van der Waals surface area contributed by atoms with E-state index in [0.29, 0.717) is 23.3 Å². The molecule has 1 fully saturated rings. The summed E-state index contributed by atoms with van der Waals surface area (Å²) in [7, 11) is 0. The number of hydrogen-bond acceptors (Lipinski definition) is 5. The number of carbonyl (C=O) groups is 2. The molecule has 1 aliphatic rings. The van der Waals surface area contributed by atoms with Crippen molar-refractivity contribution in [2.24, 2.45) is 17.8 Å². The van der Waals surface area contributed by atoms with Gasteiger partial charge in [-0.25, -0.2) is 9.59 Å². The molecule has 1 N–H and O–H groups in total. The van der Waals surface area contributed by atoms with Gasteiger partial charge >= 0.3 is 11.9 Å². The Hall–Kier alpha value is -3.18. The van der Waals surface area contributed by atoms with E-state index in [2.05, 4.69) is 75.5 Å². The number of aliphatic hydroxyl groups excluding tert-OH is 1. The van der Waals surface area contributed by atoms with Gasteiger partial charge in [-0.2, -0.15) is 0 Å². The van der Waals surface area contributed by atoms with Gasteiger partial charge in [-0.15, -0.1) is 0 Å². The predicted molar refractivity (Wildman–Crippen MR) is 170 cm³/mol. The normalized spacial score (nSPS) is 19.1. The van der Waals surface area contributed by atoms with Crippen molar-refractivity contribution in [1.29, 1.82) is 0 Å². The van der Waals surface area contributed by atoms with Gasteiger partial charge in [0.2, 0.25) is 0 Å². The highest BCUT2D eigenvalue weighted by Crippen LogP contribution is 2.44. The molecule has 0 saturated heterocycles. The molecule has 2 aromatic carbocycles. The Kier molecular flexibility index (Phi) is 13.5. The van der Waals surface area contributed by atoms with Crippen LogP contribution in [0.2, 0.25) is 0 Å². The minimum atomic E-state index is -0.615. The van der Waals surface area contributed by atoms with Crippen LogP contribution < -0.4 is 0 Å². The Morgan fingerprint density at radius 3 is 2.07 bits per heavy atom. The zero-order valence-corrected chi connectivity index (χ0v) is 25.9. The standard InChI is InChI=1S/C37H50O5/c1-6-8-9-10-28-11-13-31(14-12-28)32-15-17-33(18-16-32)35-20-19-34(30(7-2)22-35)21-29(24-41-36(39)26(3)4)25-42-37(40)27(5)23-38/h11-18,29-30,34-35,38H,3,5-10,19-25H2,1-2,4H3/t29-,30?,34?,35?/m0/s1. The lowest BCUT2D eigenvalue weighted by molar-refractivity contribution is -0.145. The molecule has 0 amide bonds. The largest absolute Gasteiger partial charge is 0.462 e. The number of rotatable bonds is 16. The van der Waals surface area contributed by atoms with Gasteiger partial charge < -0.3 is 14.6 Å². The zero-order valence-electron chi connectivity index (χ0n) is 25.9. The molecule has 3 unspecified atom stereocenters. The highest BCUT2D eigenvalue weighted by molar-refractivity contribution is 5.88. The van der Waals surface area contributed by atoms with Gasteiger partial charge in [0.25, 0.3) is 0 Å². The third-order valence-corrected chi connectivity index (χ3v) is 8.77. The second-order valence-electron chi connectivity index (χ2n) is 12.1. The highest BCUT2D eigenvalue weighted by Gasteiger charge is 2.32. The summed E-state index contributed by atoms with van der Waals surface area (Å²) in [6.07, 6.45) is 10.1. The molecule has 228 valence electrons. The number of aryl methyl sites for hydroxylation is 1. The maximum Gasteiger partial charge on any atom is 0.335 e. The molecule has 1 aliphatic carbocycles. The van der Waals surface area contributed by atoms with E-state index in [1.54, 1.807) is 6.92 Å². The molecule has 0 bridgehead atoms. The summed E-state index contributed by atoms with van der Waals surface area (Å²) >= 11 is 0. The molecular formula is C37H50O5. The van der Waals surface area contributed by atoms with E-state index in [-0.39, 0.29) is 24.7 Å². The van der Waals surface area contributed by atoms with E-state index in [9.17, 15) is 14.7 Å². The van der Waals surface area contributed by atoms with Gasteiger partial charge in [0, 0.05) is 11.5 Å². The van der Waals surface area contributed by atoms with Crippen LogP contribution in [-0.2, 0) is 25.5 Å². The van der Waals surface area contributed by atoms with Crippen molar-refractivity contribution < 1.29 is 24.2 Å². The van der Waals surface area contributed by atoms with E-state index in [4.69, 9.17) is 9.47 Å². The lowest BCUT2D eigenvalue weighted by Gasteiger charge is -2.37. The number of benzene rings is 2. The molecule has 4 atom stereocenters. The van der Waals surface area contributed by atoms with Crippen LogP contribution in [0.3, 0.4) is 0 Å². The van der Waals surface area contributed by atoms with Gasteiger partial charge in [0.1, 0.15) is 0 Å². The fourth-order valence-electron chi connectivity index (χ4n) is 6.12. The first-order chi connectivity index (χ1) is 20.2. The molecule has 0 radical (unpaired) electrons. The van der Waals surface area contributed by atoms with Gasteiger partial charge in [-0.1, -0.05) is 94.8 Å². The third-order valence-electron chi connectivity index (χ3n) is 8.77. The SMILES string of the molecule is C=C(C)C(=O)OC[C@@H](COC(=O)C(=C)CO)CC1CCC(c2ccc(-c3ccc(CCCCC)cc3)cc2)CC1CC. The first-order valence-corrected chi connectivity index (χ1v) is 15.7. The summed E-state index contributed by atoms with van der Waals surface area (Å²) in [5.74, 6) is 0.327. The summed E-state index contributed by atoms with van der Waals surface area (Å²) < 4.78 is 10.9. The van der Waals surface area contributed by atoms with Crippen LogP contribution in [-0.4, -0.2) is 36.9 Å². The molecule has 5 heteroatoms. The number of hydrogen-bond donors (Lipinski definition) is 1. The smallest absolute Gasteiger partial charge is 0.335 e. The Balaban J connectivity index is 1.61. The van der Waals surface area contributed by atoms with Crippen molar-refractivity contribution >= 4 is 11.9 Å². The summed E-state index contributed by atoms with van der Waals surface area (Å²) in [6, 6.07) is 18.1. The zero-order chi connectivity index (χ0) is 30.5. The number of ether oxygens (including phenoxy) is 2. The fourth-order valence-corrected chi connectivity index (χ4v) is 6.12. The maximum atomic E-state index is 12.1. The highest BCUT2D eigenvalue weighted by atomic mass is 16.5. The predicted octanol–water partition coefficient (Wildman–Crippen LogP) is 8.21. The molecule has 0 spiro atoms. The summed E-state index contributed by atoms with van der Waals surface area (Å²) in [4.78, 5) is 24.2. The Morgan fingerprint density at radius 1 is 0.881 bits per heavy atom. The average Bonchev–Trinajstić information content (AvgIpc) is 3.02. The molecule has 1 saturated carbocycles. The van der Waals surface area contributed by atoms with Crippen LogP contribution in [0.4, 0.5) is 0 Å². The summed E-state index contributed by atoms with van der Waals surface area (Å²) in [5.41, 5.74) is 5.69. The molecule has 42 heavy (non-hydrogen) atoms. The Bertz CT molecular complexity index is 1160. The van der Waals surface area contributed by atoms with Crippen LogP contribution in [0.15, 0.2) is 72.8 Å². The second-order valence-corrected chi connectivity index (χ2v) is 12.1. The number of aliphatic hydroxyl groups is 1. The lowest BCUT2D eigenvalue weighted by atomic mass is 9.68. The average molecular weight is 575 g/mol. The minimum absolute atomic E-state index is 0.0186. The van der Waals surface area contributed by atoms with Crippen molar-refractivity contribution in [2.45, 2.75) is 84.5 Å². The third kappa shape index (κ3) is 9.97. The Morgan fingerprint density at radius 2 is 1.50 bits per heavy atom. The van der Waals surface area contributed by atoms with Crippen molar-refractivity contribution in [1.82, 2.24) is 0 Å². The van der Waals surface area contributed by atoms with Crippen LogP contribution in [0.25, 0.3) is 11.1 Å². The van der Waals surface area contributed by atoms with Crippen molar-refractivity contribution in [3.05, 3.63) is 84.0 Å². The van der Waals surface area contributed by atoms with E-state index in [0.717, 1.165) is 38.5 Å². The first-order valence-electron chi connectivity index (χ1n) is 15.7. The van der Waals surface area contributed by atoms with Crippen LogP contribution in [0.5, 0.6) is 0 Å². The number of esters is 2. The number of carbonyl (C=O) groups excluding carboxylic acids is 2. The van der Waals surface area contributed by atoms with Crippen LogP contribution >= 0.6 is 0 Å². The van der Waals surface area contributed by atoms with E-state index >= 15 is 0 Å². The van der Waals surface area contributed by atoms with Crippen molar-refractivity contribution in [3.8, 4) is 11.1 Å². The summed E-state index contributed by atoms with van der Waals surface area (Å²) in [5, 5.41) is 9.19. The molecule has 3 rings (SSSR count). The van der Waals surface area contributed by atoms with E-state index < -0.39 is 18.5 Å². The van der Waals surface area contributed by atoms with E-state index in [1.807, 2.05) is 0 Å². The Labute approximate surface area is 253 Å². The molecular weight excluding hydrogens is 524 g/mol. The van der Waals surface area contributed by atoms with Gasteiger partial charge in [0.15, 0.2) is 0 Å². The topological polar surface area (TPSA) is 72.8 Å². The van der Waals surface area contributed by atoms with Crippen molar-refractivity contribution in [3.63, 3.8) is 0 Å². The maximum absolute atomic E-state index is 12.1. The van der Waals surface area contributed by atoms with Crippen LogP contribution in [0, 0.1) is 17.8 Å². The monoisotopic (exact) mass is 574 g/mol. The minimum Gasteiger partial charge on any atom is -0.462 e. The van der Waals surface area contributed by atoms with Crippen LogP contribution in [0.1, 0.15) is 89.2 Å². The quantitative estimate of drug-likeness (QED) is 0.124. The van der Waals surface area contributed by atoms with Gasteiger partial charge in [-0.05, 0) is 85.5 Å². The second kappa shape index (κ2) is 17.1. The molecule has 0 aliphatic heterocycles. The molecule has 2 aromatic rings. The van der Waals surface area contributed by atoms with Gasteiger partial charge in [0.05, 0.1) is 25.4 Å².